The van der Waals surface area contributed by atoms with Gasteiger partial charge in [-0.2, -0.15) is 0 Å². The lowest BCUT2D eigenvalue weighted by Crippen LogP contribution is -2.00. The van der Waals surface area contributed by atoms with Crippen molar-refractivity contribution in [3.8, 4) is 45.3 Å². The Kier molecular flexibility index (Phi) is 5.03. The van der Waals surface area contributed by atoms with Gasteiger partial charge < -0.3 is 0 Å². The highest BCUT2D eigenvalue weighted by Gasteiger charge is 2.13. The number of nitrogens with zero attached hydrogens (tertiary/aromatic N) is 4. The summed E-state index contributed by atoms with van der Waals surface area (Å²) in [5, 5.41) is 0. The number of hydrogen-bond donors (Lipinski definition) is 0. The topological polar surface area (TPSA) is 51.6 Å². The van der Waals surface area contributed by atoms with Crippen molar-refractivity contribution in [2.24, 2.45) is 0 Å². The van der Waals surface area contributed by atoms with Crippen molar-refractivity contribution in [3.63, 3.8) is 0 Å². The lowest BCUT2D eigenvalue weighted by atomic mass is 10.0. The molecule has 3 aromatic carbocycles. The third-order valence-electron chi connectivity index (χ3n) is 5.17. The molecular weight excluding hydrogens is 380 g/mol. The maximum Gasteiger partial charge on any atom is 0.164 e. The molecule has 2 aromatic heterocycles. The Hall–Kier alpha value is -4.18. The van der Waals surface area contributed by atoms with Gasteiger partial charge in [0.1, 0.15) is 0 Å². The summed E-state index contributed by atoms with van der Waals surface area (Å²) in [5.41, 5.74) is 6.23. The lowest BCUT2D eigenvalue weighted by Gasteiger charge is -2.10. The molecule has 0 spiro atoms. The maximum atomic E-state index is 4.82. The second-order valence-electron chi connectivity index (χ2n) is 7.31. The van der Waals surface area contributed by atoms with Crippen LogP contribution in [0.25, 0.3) is 45.3 Å². The zero-order valence-electron chi connectivity index (χ0n) is 17.1. The van der Waals surface area contributed by atoms with Crippen molar-refractivity contribution in [3.05, 3.63) is 109 Å². The van der Waals surface area contributed by atoms with Crippen LogP contribution in [0.1, 0.15) is 5.56 Å². The van der Waals surface area contributed by atoms with E-state index in [-0.39, 0.29) is 0 Å². The van der Waals surface area contributed by atoms with E-state index in [1.165, 1.54) is 5.56 Å². The van der Waals surface area contributed by atoms with Crippen LogP contribution in [0.4, 0.5) is 0 Å². The van der Waals surface area contributed by atoms with Gasteiger partial charge in [-0.1, -0.05) is 78.9 Å². The second kappa shape index (κ2) is 8.28. The van der Waals surface area contributed by atoms with Gasteiger partial charge >= 0.3 is 0 Å². The van der Waals surface area contributed by atoms with Gasteiger partial charge in [0.05, 0.1) is 0 Å². The quantitative estimate of drug-likeness (QED) is 0.358. The van der Waals surface area contributed by atoms with E-state index in [0.717, 1.165) is 27.8 Å². The molecular formula is C27H20N4. The minimum Gasteiger partial charge on any atom is -0.264 e. The van der Waals surface area contributed by atoms with E-state index >= 15 is 0 Å². The number of rotatable bonds is 4. The molecule has 0 aliphatic heterocycles. The third kappa shape index (κ3) is 3.96. The van der Waals surface area contributed by atoms with Crippen LogP contribution in [-0.4, -0.2) is 19.9 Å². The fraction of sp³-hybridized carbons (Fsp3) is 0.0370. The van der Waals surface area contributed by atoms with Crippen LogP contribution < -0.4 is 0 Å². The van der Waals surface area contributed by atoms with E-state index in [1.807, 2.05) is 91.3 Å². The summed E-state index contributed by atoms with van der Waals surface area (Å²) < 4.78 is 0. The zero-order valence-corrected chi connectivity index (χ0v) is 17.1. The molecule has 148 valence electrons. The Morgan fingerprint density at radius 3 is 1.61 bits per heavy atom. The molecule has 0 radical (unpaired) electrons. The van der Waals surface area contributed by atoms with Crippen LogP contribution in [0, 0.1) is 6.92 Å². The molecule has 0 amide bonds. The average molecular weight is 400 g/mol. The number of hydrogen-bond acceptors (Lipinski definition) is 4. The smallest absolute Gasteiger partial charge is 0.164 e. The summed E-state index contributed by atoms with van der Waals surface area (Å²) in [7, 11) is 0. The molecule has 0 atom stereocenters. The third-order valence-corrected chi connectivity index (χ3v) is 5.17. The number of benzene rings is 3. The maximum absolute atomic E-state index is 4.82. The predicted molar refractivity (Wildman–Crippen MR) is 124 cm³/mol. The van der Waals surface area contributed by atoms with Crippen LogP contribution in [0.3, 0.4) is 0 Å². The summed E-state index contributed by atoms with van der Waals surface area (Å²) in [6.07, 6.45) is 3.71. The van der Waals surface area contributed by atoms with E-state index < -0.39 is 0 Å². The molecule has 4 nitrogen and oxygen atoms in total. The molecule has 0 N–H and O–H groups in total. The molecule has 0 saturated carbocycles. The highest BCUT2D eigenvalue weighted by molar-refractivity contribution is 5.73. The molecule has 4 heteroatoms. The molecule has 2 heterocycles. The van der Waals surface area contributed by atoms with Gasteiger partial charge in [0.2, 0.25) is 0 Å². The number of aryl methyl sites for hydroxylation is 1. The summed E-state index contributed by atoms with van der Waals surface area (Å²) in [4.78, 5) is 18.7. The van der Waals surface area contributed by atoms with Crippen molar-refractivity contribution in [2.45, 2.75) is 6.92 Å². The first-order chi connectivity index (χ1) is 15.3. The van der Waals surface area contributed by atoms with Gasteiger partial charge in [-0.15, -0.1) is 0 Å². The first-order valence-electron chi connectivity index (χ1n) is 10.2. The first-order valence-corrected chi connectivity index (χ1v) is 10.2. The molecule has 0 saturated heterocycles. The van der Waals surface area contributed by atoms with Crippen molar-refractivity contribution in [1.29, 1.82) is 0 Å². The number of pyridine rings is 1. The normalized spacial score (nSPS) is 10.7. The molecule has 0 fully saturated rings. The van der Waals surface area contributed by atoms with Gasteiger partial charge in [-0.3, -0.25) is 4.98 Å². The minimum absolute atomic E-state index is 0.649. The fourth-order valence-electron chi connectivity index (χ4n) is 3.53. The van der Waals surface area contributed by atoms with Crippen LogP contribution in [0.2, 0.25) is 0 Å². The van der Waals surface area contributed by atoms with Crippen molar-refractivity contribution in [1.82, 2.24) is 19.9 Å². The van der Waals surface area contributed by atoms with E-state index in [1.54, 1.807) is 0 Å². The van der Waals surface area contributed by atoms with E-state index in [4.69, 9.17) is 15.0 Å². The van der Waals surface area contributed by atoms with E-state index in [2.05, 4.69) is 24.0 Å². The SMILES string of the molecule is Cc1ccncc1-c1cccc(-c2nc(-c3ccccc3)nc(-c3ccccc3)n2)c1. The summed E-state index contributed by atoms with van der Waals surface area (Å²) in [6.45, 7) is 2.09. The summed E-state index contributed by atoms with van der Waals surface area (Å²) in [6, 6.07) is 30.3. The van der Waals surface area contributed by atoms with E-state index in [0.29, 0.717) is 17.5 Å². The first kappa shape index (κ1) is 18.8. The Morgan fingerprint density at radius 1 is 0.516 bits per heavy atom. The Labute approximate surface area is 181 Å². The van der Waals surface area contributed by atoms with Gasteiger partial charge in [0.15, 0.2) is 17.5 Å². The van der Waals surface area contributed by atoms with Crippen LogP contribution in [0.5, 0.6) is 0 Å². The second-order valence-corrected chi connectivity index (χ2v) is 7.31. The van der Waals surface area contributed by atoms with Gasteiger partial charge in [-0.05, 0) is 30.2 Å². The van der Waals surface area contributed by atoms with E-state index in [9.17, 15) is 0 Å². The average Bonchev–Trinajstić information content (AvgIpc) is 2.85. The Balaban J connectivity index is 1.67. The largest absolute Gasteiger partial charge is 0.264 e. The van der Waals surface area contributed by atoms with Crippen LogP contribution >= 0.6 is 0 Å². The molecule has 0 aliphatic carbocycles. The molecule has 0 unspecified atom stereocenters. The highest BCUT2D eigenvalue weighted by atomic mass is 15.0. The molecule has 0 aliphatic rings. The van der Waals surface area contributed by atoms with Crippen LogP contribution in [0.15, 0.2) is 103 Å². The van der Waals surface area contributed by atoms with Crippen LogP contribution in [-0.2, 0) is 0 Å². The monoisotopic (exact) mass is 400 g/mol. The van der Waals surface area contributed by atoms with Gasteiger partial charge in [-0.25, -0.2) is 15.0 Å². The minimum atomic E-state index is 0.649. The van der Waals surface area contributed by atoms with Crippen molar-refractivity contribution >= 4 is 0 Å². The molecule has 0 bridgehead atoms. The highest BCUT2D eigenvalue weighted by Crippen LogP contribution is 2.28. The molecule has 31 heavy (non-hydrogen) atoms. The zero-order chi connectivity index (χ0) is 21.0. The lowest BCUT2D eigenvalue weighted by molar-refractivity contribution is 1.07. The Morgan fingerprint density at radius 2 is 1.03 bits per heavy atom. The molecule has 5 rings (SSSR count). The summed E-state index contributed by atoms with van der Waals surface area (Å²) >= 11 is 0. The van der Waals surface area contributed by atoms with Crippen molar-refractivity contribution in [2.75, 3.05) is 0 Å². The van der Waals surface area contributed by atoms with Gasteiger partial charge in [0.25, 0.3) is 0 Å². The predicted octanol–water partition coefficient (Wildman–Crippen LogP) is 6.24. The standard InChI is InChI=1S/C27H20N4/c1-19-15-16-28-18-24(19)22-13-8-14-23(17-22)27-30-25(20-9-4-2-5-10-20)29-26(31-27)21-11-6-3-7-12-21/h2-18H,1H3. The fourth-order valence-corrected chi connectivity index (χ4v) is 3.53. The summed E-state index contributed by atoms with van der Waals surface area (Å²) in [5.74, 6) is 1.97. The Bertz CT molecular complexity index is 1270. The molecule has 5 aromatic rings. The number of aromatic nitrogens is 4. The van der Waals surface area contributed by atoms with Crippen molar-refractivity contribution < 1.29 is 0 Å². The van der Waals surface area contributed by atoms with Gasteiger partial charge in [0, 0.05) is 34.6 Å².